The summed E-state index contributed by atoms with van der Waals surface area (Å²) in [6.07, 6.45) is 1.27. The molecule has 3 aliphatic rings. The lowest BCUT2D eigenvalue weighted by Gasteiger charge is -2.37. The third-order valence-electron chi connectivity index (χ3n) is 6.96. The molecule has 1 aromatic heterocycles. The van der Waals surface area contributed by atoms with Crippen LogP contribution in [0.1, 0.15) is 49.7 Å². The molecule has 32 heavy (non-hydrogen) atoms. The van der Waals surface area contributed by atoms with Crippen LogP contribution in [0.5, 0.6) is 0 Å². The van der Waals surface area contributed by atoms with Gasteiger partial charge < -0.3 is 19.7 Å². The number of fused-ring (bicyclic) bond motifs is 1. The van der Waals surface area contributed by atoms with Crippen LogP contribution in [0.3, 0.4) is 0 Å². The lowest BCUT2D eigenvalue weighted by Crippen LogP contribution is -2.47. The first kappa shape index (κ1) is 21.0. The molecule has 0 saturated carbocycles. The van der Waals surface area contributed by atoms with E-state index in [0.717, 1.165) is 10.9 Å². The Morgan fingerprint density at radius 2 is 1.84 bits per heavy atom. The van der Waals surface area contributed by atoms with E-state index >= 15 is 0 Å². The summed E-state index contributed by atoms with van der Waals surface area (Å²) < 4.78 is 11.6. The summed E-state index contributed by atoms with van der Waals surface area (Å²) in [6.45, 7) is 8.00. The van der Waals surface area contributed by atoms with Gasteiger partial charge in [-0.15, -0.1) is 0 Å². The molecule has 0 radical (unpaired) electrons. The number of nitrogens with one attached hydrogen (secondary N) is 1. The van der Waals surface area contributed by atoms with Gasteiger partial charge in [0.25, 0.3) is 11.8 Å². The Bertz CT molecular complexity index is 1110. The average molecular weight is 437 g/mol. The molecule has 3 aliphatic heterocycles. The smallest absolute Gasteiger partial charge is 0.256 e. The number of piperidine rings is 1. The number of amidine groups is 1. The van der Waals surface area contributed by atoms with E-state index in [4.69, 9.17) is 19.5 Å². The zero-order chi connectivity index (χ0) is 22.5. The van der Waals surface area contributed by atoms with Crippen molar-refractivity contribution < 1.29 is 19.1 Å². The van der Waals surface area contributed by atoms with E-state index in [9.17, 15) is 9.59 Å². The predicted molar refractivity (Wildman–Crippen MR) is 119 cm³/mol. The average Bonchev–Trinajstić information content (AvgIpc) is 3.37. The zero-order valence-electron chi connectivity index (χ0n) is 18.7. The fourth-order valence-corrected chi connectivity index (χ4v) is 4.51. The second-order valence-corrected chi connectivity index (χ2v) is 9.19. The number of pyridine rings is 1. The van der Waals surface area contributed by atoms with Crippen LogP contribution in [0.2, 0.25) is 0 Å². The fourth-order valence-electron chi connectivity index (χ4n) is 4.51. The van der Waals surface area contributed by atoms with Crippen LogP contribution in [0.15, 0.2) is 35.3 Å². The predicted octanol–water partition coefficient (Wildman–Crippen LogP) is 2.50. The van der Waals surface area contributed by atoms with Gasteiger partial charge >= 0.3 is 0 Å². The maximum absolute atomic E-state index is 13.6. The number of hydrogen-bond donors (Lipinski definition) is 1. The number of para-hydroxylation sites is 1. The van der Waals surface area contributed by atoms with Crippen LogP contribution >= 0.6 is 0 Å². The number of carbonyl (C=O) groups excluding carboxylic acids is 2. The molecule has 0 bridgehead atoms. The van der Waals surface area contributed by atoms with E-state index in [2.05, 4.69) is 5.32 Å². The quantitative estimate of drug-likeness (QED) is 0.798. The highest BCUT2D eigenvalue weighted by molar-refractivity contribution is 6.19. The summed E-state index contributed by atoms with van der Waals surface area (Å²) in [4.78, 5) is 37.6. The first-order valence-electron chi connectivity index (χ1n) is 11.2. The number of amides is 2. The topological polar surface area (TPSA) is 93.1 Å². The summed E-state index contributed by atoms with van der Waals surface area (Å²) in [5.74, 6) is -0.489. The molecule has 1 unspecified atom stereocenters. The van der Waals surface area contributed by atoms with Crippen molar-refractivity contribution in [3.05, 3.63) is 41.6 Å². The summed E-state index contributed by atoms with van der Waals surface area (Å²) in [5, 5.41) is 3.75. The molecule has 1 spiro atoms. The standard InChI is InChI=1S/C24H28N4O4/c1-15(2)23(3)22(30)26-20(27-23)19-17(14-16-6-4-5-7-18(16)25-19)21(29)28-10-8-24(9-11-28)31-12-13-32-24/h4-7,14-15H,8-13H2,1-3H3,(H,26,27,30). The molecule has 2 saturated heterocycles. The van der Waals surface area contributed by atoms with Crippen LogP contribution < -0.4 is 5.32 Å². The minimum absolute atomic E-state index is 0.00398. The Morgan fingerprint density at radius 1 is 1.16 bits per heavy atom. The van der Waals surface area contributed by atoms with Gasteiger partial charge in [-0.2, -0.15) is 0 Å². The molecule has 2 amide bonds. The van der Waals surface area contributed by atoms with Gasteiger partial charge in [0.05, 0.1) is 24.3 Å². The molecular weight excluding hydrogens is 408 g/mol. The normalized spacial score (nSPS) is 24.9. The van der Waals surface area contributed by atoms with Gasteiger partial charge in [0.1, 0.15) is 11.2 Å². The summed E-state index contributed by atoms with van der Waals surface area (Å²) >= 11 is 0. The van der Waals surface area contributed by atoms with Crippen LogP contribution in [0.25, 0.3) is 10.9 Å². The van der Waals surface area contributed by atoms with Crippen molar-refractivity contribution in [1.29, 1.82) is 0 Å². The number of likely N-dealkylation sites (tertiary alicyclic amines) is 1. The molecule has 1 N–H and O–H groups in total. The Hall–Kier alpha value is -2.84. The number of aromatic nitrogens is 1. The third-order valence-corrected chi connectivity index (χ3v) is 6.96. The van der Waals surface area contributed by atoms with Crippen molar-refractivity contribution in [3.8, 4) is 0 Å². The number of ether oxygens (including phenoxy) is 2. The Morgan fingerprint density at radius 3 is 2.50 bits per heavy atom. The molecule has 8 heteroatoms. The summed E-state index contributed by atoms with van der Waals surface area (Å²) in [7, 11) is 0. The van der Waals surface area contributed by atoms with Crippen molar-refractivity contribution >= 4 is 28.6 Å². The van der Waals surface area contributed by atoms with Crippen LogP contribution in [-0.4, -0.2) is 65.2 Å². The van der Waals surface area contributed by atoms with E-state index in [1.807, 2.05) is 56.0 Å². The maximum atomic E-state index is 13.6. The molecule has 5 rings (SSSR count). The van der Waals surface area contributed by atoms with Gasteiger partial charge in [0.15, 0.2) is 11.6 Å². The van der Waals surface area contributed by atoms with Crippen molar-refractivity contribution in [1.82, 2.24) is 15.2 Å². The second kappa shape index (κ2) is 7.64. The molecule has 2 fully saturated rings. The van der Waals surface area contributed by atoms with Gasteiger partial charge in [0, 0.05) is 31.3 Å². The van der Waals surface area contributed by atoms with E-state index in [1.54, 1.807) is 0 Å². The molecule has 2 aromatic rings. The Labute approximate surface area is 187 Å². The van der Waals surface area contributed by atoms with Gasteiger partial charge in [-0.1, -0.05) is 32.0 Å². The number of rotatable bonds is 3. The fraction of sp³-hybridized carbons (Fsp3) is 0.500. The van der Waals surface area contributed by atoms with Crippen LogP contribution in [-0.2, 0) is 14.3 Å². The second-order valence-electron chi connectivity index (χ2n) is 9.19. The van der Waals surface area contributed by atoms with Crippen LogP contribution in [0.4, 0.5) is 0 Å². The minimum Gasteiger partial charge on any atom is -0.347 e. The third kappa shape index (κ3) is 3.38. The highest BCUT2D eigenvalue weighted by atomic mass is 16.7. The molecule has 1 aromatic carbocycles. The SMILES string of the molecule is CC(C)C1(C)N=C(c2nc3ccccc3cc2C(=O)N2CCC3(CC2)OCCO3)NC1=O. The van der Waals surface area contributed by atoms with Crippen molar-refractivity contribution in [2.75, 3.05) is 26.3 Å². The molecule has 1 atom stereocenters. The molecule has 0 aliphatic carbocycles. The number of nitrogens with zero attached hydrogens (tertiary/aromatic N) is 3. The Kier molecular flexibility index (Phi) is 5.02. The van der Waals surface area contributed by atoms with Crippen LogP contribution in [0, 0.1) is 5.92 Å². The number of carbonyl (C=O) groups is 2. The largest absolute Gasteiger partial charge is 0.347 e. The number of hydrogen-bond acceptors (Lipinski definition) is 6. The molecule has 8 nitrogen and oxygen atoms in total. The van der Waals surface area contributed by atoms with Crippen molar-refractivity contribution in [2.45, 2.75) is 44.9 Å². The van der Waals surface area contributed by atoms with Gasteiger partial charge in [-0.3, -0.25) is 9.59 Å². The summed E-state index contributed by atoms with van der Waals surface area (Å²) in [6, 6.07) is 9.50. The lowest BCUT2D eigenvalue weighted by molar-refractivity contribution is -0.181. The van der Waals surface area contributed by atoms with E-state index in [0.29, 0.717) is 56.2 Å². The van der Waals surface area contributed by atoms with Gasteiger partial charge in [0.2, 0.25) is 0 Å². The number of benzene rings is 1. The summed E-state index contributed by atoms with van der Waals surface area (Å²) in [5.41, 5.74) is 0.719. The zero-order valence-corrected chi connectivity index (χ0v) is 18.7. The minimum atomic E-state index is -0.891. The van der Waals surface area contributed by atoms with Crippen molar-refractivity contribution in [2.24, 2.45) is 10.9 Å². The molecular formula is C24H28N4O4. The molecule has 4 heterocycles. The highest BCUT2D eigenvalue weighted by Crippen LogP contribution is 2.33. The Balaban J connectivity index is 1.52. The van der Waals surface area contributed by atoms with E-state index in [-0.39, 0.29) is 17.7 Å². The first-order chi connectivity index (χ1) is 15.3. The monoisotopic (exact) mass is 436 g/mol. The van der Waals surface area contributed by atoms with Gasteiger partial charge in [-0.25, -0.2) is 9.98 Å². The molecule has 168 valence electrons. The highest BCUT2D eigenvalue weighted by Gasteiger charge is 2.44. The van der Waals surface area contributed by atoms with Crippen molar-refractivity contribution in [3.63, 3.8) is 0 Å². The maximum Gasteiger partial charge on any atom is 0.256 e. The lowest BCUT2D eigenvalue weighted by atomic mass is 9.89. The van der Waals surface area contributed by atoms with E-state index in [1.165, 1.54) is 0 Å². The number of aliphatic imine (C=N–C) groups is 1. The van der Waals surface area contributed by atoms with E-state index < -0.39 is 11.3 Å². The first-order valence-corrected chi connectivity index (χ1v) is 11.2. The van der Waals surface area contributed by atoms with Gasteiger partial charge in [-0.05, 0) is 25.0 Å².